The maximum Gasteiger partial charge on any atom is 0.263 e. The Hall–Kier alpha value is -1.10. The minimum atomic E-state index is -0.00764. The topological polar surface area (TPSA) is 68.0 Å². The third-order valence-electron chi connectivity index (χ3n) is 3.80. The number of hydrogen-bond acceptors (Lipinski definition) is 4. The maximum absolute atomic E-state index is 11.9. The molecule has 0 aliphatic heterocycles. The lowest BCUT2D eigenvalue weighted by Gasteiger charge is -2.22. The van der Waals surface area contributed by atoms with Gasteiger partial charge in [-0.05, 0) is 31.1 Å². The number of fused-ring (bicyclic) bond motifs is 2. The second-order valence-corrected chi connectivity index (χ2v) is 5.88. The Morgan fingerprint density at radius 2 is 2.38 bits per heavy atom. The zero-order valence-electron chi connectivity index (χ0n) is 8.98. The number of nitrogen functional groups attached to an aromatic ring is 1. The van der Waals surface area contributed by atoms with Gasteiger partial charge >= 0.3 is 0 Å². The number of nitrogens with two attached hydrogens (primary N) is 1. The van der Waals surface area contributed by atoms with Gasteiger partial charge in [0.05, 0.1) is 6.20 Å². The monoisotopic (exact) mass is 237 g/mol. The number of carbonyl (C=O) groups is 1. The number of anilines is 1. The molecule has 3 unspecified atom stereocenters. The van der Waals surface area contributed by atoms with E-state index >= 15 is 0 Å². The SMILES string of the molecule is Nc1ncc(C(=O)NC2CC3CCC2C3)s1. The van der Waals surface area contributed by atoms with E-state index in [0.717, 1.165) is 12.3 Å². The first kappa shape index (κ1) is 10.1. The zero-order chi connectivity index (χ0) is 11.1. The van der Waals surface area contributed by atoms with Gasteiger partial charge in [-0.25, -0.2) is 4.98 Å². The van der Waals surface area contributed by atoms with Crippen LogP contribution in [0.3, 0.4) is 0 Å². The van der Waals surface area contributed by atoms with Crippen molar-refractivity contribution < 1.29 is 4.79 Å². The standard InChI is InChI=1S/C11H15N3OS/c12-11-13-5-9(16-11)10(15)14-8-4-6-1-2-7(8)3-6/h5-8H,1-4H2,(H2,12,13)(H,14,15). The van der Waals surface area contributed by atoms with Gasteiger partial charge in [0.25, 0.3) is 5.91 Å². The van der Waals surface area contributed by atoms with E-state index in [-0.39, 0.29) is 5.91 Å². The van der Waals surface area contributed by atoms with Crippen molar-refractivity contribution in [3.05, 3.63) is 11.1 Å². The highest BCUT2D eigenvalue weighted by Gasteiger charge is 2.40. The molecule has 0 aromatic carbocycles. The Kier molecular flexibility index (Phi) is 2.35. The summed E-state index contributed by atoms with van der Waals surface area (Å²) < 4.78 is 0. The van der Waals surface area contributed by atoms with E-state index in [1.807, 2.05) is 0 Å². The van der Waals surface area contributed by atoms with Gasteiger partial charge in [0, 0.05) is 6.04 Å². The highest BCUT2D eigenvalue weighted by atomic mass is 32.1. The number of aromatic nitrogens is 1. The average molecular weight is 237 g/mol. The lowest BCUT2D eigenvalue weighted by Crippen LogP contribution is -2.38. The molecule has 2 fully saturated rings. The van der Waals surface area contributed by atoms with Crippen LogP contribution in [-0.4, -0.2) is 16.9 Å². The molecule has 16 heavy (non-hydrogen) atoms. The summed E-state index contributed by atoms with van der Waals surface area (Å²) in [5.41, 5.74) is 5.51. The summed E-state index contributed by atoms with van der Waals surface area (Å²) in [5.74, 6) is 1.55. The van der Waals surface area contributed by atoms with E-state index in [4.69, 9.17) is 5.73 Å². The highest BCUT2D eigenvalue weighted by Crippen LogP contribution is 2.44. The first-order valence-electron chi connectivity index (χ1n) is 5.74. The van der Waals surface area contributed by atoms with Crippen LogP contribution in [-0.2, 0) is 0 Å². The third kappa shape index (κ3) is 1.69. The van der Waals surface area contributed by atoms with Crippen LogP contribution < -0.4 is 11.1 Å². The molecule has 1 heterocycles. The summed E-state index contributed by atoms with van der Waals surface area (Å²) >= 11 is 1.25. The summed E-state index contributed by atoms with van der Waals surface area (Å²) in [6, 6.07) is 0.384. The molecule has 2 bridgehead atoms. The van der Waals surface area contributed by atoms with Crippen molar-refractivity contribution in [3.63, 3.8) is 0 Å². The summed E-state index contributed by atoms with van der Waals surface area (Å²) in [6.07, 6.45) is 6.65. The molecule has 3 atom stereocenters. The summed E-state index contributed by atoms with van der Waals surface area (Å²) in [4.78, 5) is 16.4. The number of nitrogens with zero attached hydrogens (tertiary/aromatic N) is 1. The molecule has 2 aliphatic carbocycles. The van der Waals surface area contributed by atoms with E-state index in [2.05, 4.69) is 10.3 Å². The highest BCUT2D eigenvalue weighted by molar-refractivity contribution is 7.17. The molecular formula is C11H15N3OS. The van der Waals surface area contributed by atoms with Gasteiger partial charge < -0.3 is 11.1 Å². The Labute approximate surface area is 98.3 Å². The van der Waals surface area contributed by atoms with Crippen molar-refractivity contribution in [3.8, 4) is 0 Å². The van der Waals surface area contributed by atoms with Gasteiger partial charge in [0.2, 0.25) is 0 Å². The number of carbonyl (C=O) groups excluding carboxylic acids is 1. The fourth-order valence-electron chi connectivity index (χ4n) is 3.05. The van der Waals surface area contributed by atoms with Crippen LogP contribution in [0.4, 0.5) is 5.13 Å². The van der Waals surface area contributed by atoms with Crippen molar-refractivity contribution >= 4 is 22.4 Å². The summed E-state index contributed by atoms with van der Waals surface area (Å²) in [6.45, 7) is 0. The van der Waals surface area contributed by atoms with E-state index in [0.29, 0.717) is 22.0 Å². The van der Waals surface area contributed by atoms with Crippen LogP contribution in [0.25, 0.3) is 0 Å². The summed E-state index contributed by atoms with van der Waals surface area (Å²) in [5, 5.41) is 3.57. The molecule has 0 spiro atoms. The third-order valence-corrected chi connectivity index (χ3v) is 4.63. The molecule has 2 saturated carbocycles. The maximum atomic E-state index is 11.9. The Bertz CT molecular complexity index is 417. The van der Waals surface area contributed by atoms with Gasteiger partial charge in [0.15, 0.2) is 5.13 Å². The zero-order valence-corrected chi connectivity index (χ0v) is 9.80. The molecule has 1 amide bonds. The lowest BCUT2D eigenvalue weighted by atomic mass is 9.95. The normalized spacial score (nSPS) is 31.9. The number of amides is 1. The summed E-state index contributed by atoms with van der Waals surface area (Å²) in [7, 11) is 0. The smallest absolute Gasteiger partial charge is 0.263 e. The molecule has 3 N–H and O–H groups in total. The van der Waals surface area contributed by atoms with Crippen LogP contribution in [0.15, 0.2) is 6.20 Å². The average Bonchev–Trinajstić information content (AvgIpc) is 2.92. The molecule has 3 rings (SSSR count). The largest absolute Gasteiger partial charge is 0.375 e. The minimum absolute atomic E-state index is 0.00764. The molecule has 1 aromatic heterocycles. The molecule has 0 radical (unpaired) electrons. The van der Waals surface area contributed by atoms with Crippen molar-refractivity contribution in [2.75, 3.05) is 5.73 Å². The number of thiazole rings is 1. The molecule has 86 valence electrons. The van der Waals surface area contributed by atoms with Crippen molar-refractivity contribution in [1.82, 2.24) is 10.3 Å². The predicted octanol–water partition coefficient (Wildman–Crippen LogP) is 1.64. The fraction of sp³-hybridized carbons (Fsp3) is 0.636. The quantitative estimate of drug-likeness (QED) is 0.821. The van der Waals surface area contributed by atoms with Crippen LogP contribution >= 0.6 is 11.3 Å². The van der Waals surface area contributed by atoms with E-state index in [1.54, 1.807) is 6.20 Å². The number of hydrogen-bond donors (Lipinski definition) is 2. The second-order valence-electron chi connectivity index (χ2n) is 4.82. The number of rotatable bonds is 2. The Balaban J connectivity index is 1.65. The van der Waals surface area contributed by atoms with Crippen LogP contribution in [0.2, 0.25) is 0 Å². The van der Waals surface area contributed by atoms with Crippen LogP contribution in [0.5, 0.6) is 0 Å². The van der Waals surface area contributed by atoms with Gasteiger partial charge in [-0.3, -0.25) is 4.79 Å². The van der Waals surface area contributed by atoms with Crippen molar-refractivity contribution in [2.24, 2.45) is 11.8 Å². The molecule has 4 nitrogen and oxygen atoms in total. The Morgan fingerprint density at radius 1 is 1.50 bits per heavy atom. The van der Waals surface area contributed by atoms with Gasteiger partial charge in [-0.1, -0.05) is 17.8 Å². The van der Waals surface area contributed by atoms with Crippen LogP contribution in [0.1, 0.15) is 35.4 Å². The molecule has 2 aliphatic rings. The molecule has 5 heteroatoms. The van der Waals surface area contributed by atoms with E-state index in [1.165, 1.54) is 30.6 Å². The number of nitrogens with one attached hydrogen (secondary N) is 1. The fourth-order valence-corrected chi connectivity index (χ4v) is 3.64. The van der Waals surface area contributed by atoms with Crippen molar-refractivity contribution in [2.45, 2.75) is 31.7 Å². The van der Waals surface area contributed by atoms with Gasteiger partial charge in [-0.2, -0.15) is 0 Å². The van der Waals surface area contributed by atoms with Gasteiger partial charge in [-0.15, -0.1) is 0 Å². The predicted molar refractivity (Wildman–Crippen MR) is 63.2 cm³/mol. The van der Waals surface area contributed by atoms with Crippen LogP contribution in [0, 0.1) is 11.8 Å². The first-order chi connectivity index (χ1) is 7.72. The molecular weight excluding hydrogens is 222 g/mol. The lowest BCUT2D eigenvalue weighted by molar-refractivity contribution is 0.0927. The molecule has 0 saturated heterocycles. The molecule has 1 aromatic rings. The first-order valence-corrected chi connectivity index (χ1v) is 6.56. The van der Waals surface area contributed by atoms with Gasteiger partial charge in [0.1, 0.15) is 4.88 Å². The second kappa shape index (κ2) is 3.73. The minimum Gasteiger partial charge on any atom is -0.375 e. The van der Waals surface area contributed by atoms with E-state index < -0.39 is 0 Å². The van der Waals surface area contributed by atoms with E-state index in [9.17, 15) is 4.79 Å². The van der Waals surface area contributed by atoms with Crippen molar-refractivity contribution in [1.29, 1.82) is 0 Å². The Morgan fingerprint density at radius 3 is 2.94 bits per heavy atom.